The smallest absolute Gasteiger partial charge is 0.119 e. The van der Waals surface area contributed by atoms with E-state index in [1.165, 1.54) is 0 Å². The number of halogens is 1. The normalized spacial score (nSPS) is 14.6. The summed E-state index contributed by atoms with van der Waals surface area (Å²) in [7, 11) is 1.66. The van der Waals surface area contributed by atoms with Gasteiger partial charge in [-0.2, -0.15) is 0 Å². The maximum absolute atomic E-state index is 6.48. The summed E-state index contributed by atoms with van der Waals surface area (Å²) in [6.07, 6.45) is 0.830. The molecule has 1 aromatic heterocycles. The number of aryl methyl sites for hydroxylation is 1. The molecule has 1 aliphatic rings. The zero-order valence-corrected chi connectivity index (χ0v) is 11.2. The predicted molar refractivity (Wildman–Crippen MR) is 71.4 cm³/mol. The maximum atomic E-state index is 6.48. The number of hydrogen-bond donors (Lipinski definition) is 0. The monoisotopic (exact) mass is 263 g/mol. The van der Waals surface area contributed by atoms with Crippen LogP contribution in [-0.4, -0.2) is 18.7 Å². The molecule has 3 nitrogen and oxygen atoms in total. The van der Waals surface area contributed by atoms with E-state index in [1.807, 2.05) is 19.1 Å². The number of ether oxygens (including phenoxy) is 2. The number of nitrogens with zero attached hydrogens (tertiary/aromatic N) is 1. The summed E-state index contributed by atoms with van der Waals surface area (Å²) in [6.45, 7) is 3.30. The Morgan fingerprint density at radius 2 is 2.22 bits per heavy atom. The fraction of sp³-hybridized carbons (Fsp3) is 0.357. The molecule has 1 aliphatic heterocycles. The number of aromatic nitrogens is 1. The van der Waals surface area contributed by atoms with E-state index in [4.69, 9.17) is 26.1 Å². The lowest BCUT2D eigenvalue weighted by atomic mass is 10.0. The fourth-order valence-electron chi connectivity index (χ4n) is 2.37. The summed E-state index contributed by atoms with van der Waals surface area (Å²) >= 11 is 6.48. The molecule has 0 fully saturated rings. The largest absolute Gasteiger partial charge is 0.497 e. The molecule has 0 aliphatic carbocycles. The van der Waals surface area contributed by atoms with Gasteiger partial charge in [-0.3, -0.25) is 4.98 Å². The predicted octanol–water partition coefficient (Wildman–Crippen LogP) is 3.28. The Balaban J connectivity index is 2.35. The van der Waals surface area contributed by atoms with E-state index >= 15 is 0 Å². The molecular weight excluding hydrogens is 250 g/mol. The highest BCUT2D eigenvalue weighted by Crippen LogP contribution is 2.34. The Kier molecular flexibility index (Phi) is 2.88. The second kappa shape index (κ2) is 4.41. The molecule has 18 heavy (non-hydrogen) atoms. The van der Waals surface area contributed by atoms with Crippen LogP contribution >= 0.6 is 11.6 Å². The van der Waals surface area contributed by atoms with Gasteiger partial charge in [-0.05, 0) is 24.6 Å². The first-order chi connectivity index (χ1) is 8.70. The van der Waals surface area contributed by atoms with Crippen LogP contribution in [0.25, 0.3) is 10.9 Å². The summed E-state index contributed by atoms with van der Waals surface area (Å²) in [6, 6.07) is 3.92. The molecule has 1 aromatic carbocycles. The van der Waals surface area contributed by atoms with Gasteiger partial charge in [-0.1, -0.05) is 11.6 Å². The minimum Gasteiger partial charge on any atom is -0.497 e. The highest BCUT2D eigenvalue weighted by atomic mass is 35.5. The van der Waals surface area contributed by atoms with Crippen LogP contribution in [0.4, 0.5) is 0 Å². The van der Waals surface area contributed by atoms with E-state index in [2.05, 4.69) is 0 Å². The summed E-state index contributed by atoms with van der Waals surface area (Å²) < 4.78 is 10.7. The van der Waals surface area contributed by atoms with Crippen LogP contribution in [0, 0.1) is 6.92 Å². The topological polar surface area (TPSA) is 31.4 Å². The van der Waals surface area contributed by atoms with E-state index < -0.39 is 0 Å². The molecule has 2 heterocycles. The van der Waals surface area contributed by atoms with Gasteiger partial charge in [0.25, 0.3) is 0 Å². The van der Waals surface area contributed by atoms with Gasteiger partial charge in [-0.15, -0.1) is 0 Å². The lowest BCUT2D eigenvalue weighted by Gasteiger charge is -2.19. The average molecular weight is 264 g/mol. The first kappa shape index (κ1) is 11.8. The number of hydrogen-bond acceptors (Lipinski definition) is 3. The van der Waals surface area contributed by atoms with Crippen molar-refractivity contribution >= 4 is 22.5 Å². The molecule has 0 radical (unpaired) electrons. The van der Waals surface area contributed by atoms with E-state index in [9.17, 15) is 0 Å². The summed E-state index contributed by atoms with van der Waals surface area (Å²) in [5, 5.41) is 1.69. The van der Waals surface area contributed by atoms with Crippen LogP contribution in [0.5, 0.6) is 5.75 Å². The third-order valence-electron chi connectivity index (χ3n) is 3.34. The van der Waals surface area contributed by atoms with Gasteiger partial charge in [-0.25, -0.2) is 0 Å². The van der Waals surface area contributed by atoms with Crippen molar-refractivity contribution in [2.45, 2.75) is 20.0 Å². The van der Waals surface area contributed by atoms with Gasteiger partial charge in [0.05, 0.1) is 36.6 Å². The number of pyridine rings is 1. The van der Waals surface area contributed by atoms with E-state index in [0.29, 0.717) is 6.61 Å². The second-order valence-corrected chi connectivity index (χ2v) is 4.87. The molecule has 2 aromatic rings. The SMILES string of the molecule is COc1cc(C)c2nc3c(c(Cl)c2c1)COCC3. The molecule has 94 valence electrons. The highest BCUT2D eigenvalue weighted by molar-refractivity contribution is 6.36. The third-order valence-corrected chi connectivity index (χ3v) is 3.77. The van der Waals surface area contributed by atoms with Crippen LogP contribution in [0.2, 0.25) is 5.02 Å². The average Bonchev–Trinajstić information content (AvgIpc) is 2.40. The lowest BCUT2D eigenvalue weighted by Crippen LogP contribution is -2.12. The number of fused-ring (bicyclic) bond motifs is 2. The molecule has 0 bridgehead atoms. The molecule has 0 saturated carbocycles. The third kappa shape index (κ3) is 1.74. The van der Waals surface area contributed by atoms with Gasteiger partial charge in [0.1, 0.15) is 5.75 Å². The van der Waals surface area contributed by atoms with Gasteiger partial charge >= 0.3 is 0 Å². The Bertz CT molecular complexity index is 625. The van der Waals surface area contributed by atoms with Crippen molar-refractivity contribution in [3.63, 3.8) is 0 Å². The van der Waals surface area contributed by atoms with Crippen molar-refractivity contribution < 1.29 is 9.47 Å². The van der Waals surface area contributed by atoms with E-state index in [1.54, 1.807) is 7.11 Å². The van der Waals surface area contributed by atoms with Crippen molar-refractivity contribution in [3.05, 3.63) is 34.0 Å². The van der Waals surface area contributed by atoms with Crippen molar-refractivity contribution in [1.82, 2.24) is 4.98 Å². The van der Waals surface area contributed by atoms with Gasteiger partial charge in [0.15, 0.2) is 0 Å². The molecule has 0 saturated heterocycles. The standard InChI is InChI=1S/C14H14ClNO2/c1-8-5-9(17-2)6-10-13(15)11-7-18-4-3-12(11)16-14(8)10/h5-6H,3-4,7H2,1-2H3. The number of methoxy groups -OCH3 is 1. The summed E-state index contributed by atoms with van der Waals surface area (Å²) in [5.41, 5.74) is 4.12. The zero-order valence-electron chi connectivity index (χ0n) is 10.4. The summed E-state index contributed by atoms with van der Waals surface area (Å²) in [5.74, 6) is 0.806. The van der Waals surface area contributed by atoms with Crippen molar-refractivity contribution in [2.75, 3.05) is 13.7 Å². The van der Waals surface area contributed by atoms with Crippen LogP contribution in [0.3, 0.4) is 0 Å². The minimum absolute atomic E-state index is 0.549. The first-order valence-corrected chi connectivity index (χ1v) is 6.32. The molecule has 0 atom stereocenters. The van der Waals surface area contributed by atoms with Crippen LogP contribution in [0.15, 0.2) is 12.1 Å². The molecule has 4 heteroatoms. The molecule has 3 rings (SSSR count). The maximum Gasteiger partial charge on any atom is 0.119 e. The lowest BCUT2D eigenvalue weighted by molar-refractivity contribution is 0.109. The van der Waals surface area contributed by atoms with Crippen LogP contribution in [0.1, 0.15) is 16.8 Å². The van der Waals surface area contributed by atoms with E-state index in [-0.39, 0.29) is 0 Å². The van der Waals surface area contributed by atoms with E-state index in [0.717, 1.165) is 51.5 Å². The molecule has 0 spiro atoms. The molecule has 0 N–H and O–H groups in total. The van der Waals surface area contributed by atoms with Gasteiger partial charge in [0.2, 0.25) is 0 Å². The fourth-order valence-corrected chi connectivity index (χ4v) is 2.68. The van der Waals surface area contributed by atoms with Crippen LogP contribution < -0.4 is 4.74 Å². The quantitative estimate of drug-likeness (QED) is 0.791. The van der Waals surface area contributed by atoms with Crippen molar-refractivity contribution in [2.24, 2.45) is 0 Å². The highest BCUT2D eigenvalue weighted by Gasteiger charge is 2.18. The van der Waals surface area contributed by atoms with Gasteiger partial charge < -0.3 is 9.47 Å². The zero-order chi connectivity index (χ0) is 12.7. The molecular formula is C14H14ClNO2. The Morgan fingerprint density at radius 3 is 3.00 bits per heavy atom. The van der Waals surface area contributed by atoms with Crippen molar-refractivity contribution in [3.8, 4) is 5.75 Å². The Labute approximate surface area is 111 Å². The van der Waals surface area contributed by atoms with Crippen molar-refractivity contribution in [1.29, 1.82) is 0 Å². The Morgan fingerprint density at radius 1 is 1.39 bits per heavy atom. The molecule has 0 amide bonds. The van der Waals surface area contributed by atoms with Gasteiger partial charge in [0, 0.05) is 17.4 Å². The summed E-state index contributed by atoms with van der Waals surface area (Å²) in [4.78, 5) is 4.73. The van der Waals surface area contributed by atoms with Crippen LogP contribution in [-0.2, 0) is 17.8 Å². The Hall–Kier alpha value is -1.32. The first-order valence-electron chi connectivity index (χ1n) is 5.94. The second-order valence-electron chi connectivity index (χ2n) is 4.49. The number of rotatable bonds is 1. The molecule has 0 unspecified atom stereocenters. The minimum atomic E-state index is 0.549. The number of benzene rings is 1.